The molecule has 0 aromatic heterocycles. The molecule has 9 heteroatoms. The number of carboxylic acid groups (broad SMARTS) is 2. The van der Waals surface area contributed by atoms with Gasteiger partial charge in [0.15, 0.2) is 0 Å². The van der Waals surface area contributed by atoms with Crippen molar-refractivity contribution < 1.29 is 34.8 Å². The number of carbonyl (C=O) groups excluding carboxylic acids is 1. The van der Waals surface area contributed by atoms with Gasteiger partial charge in [0.2, 0.25) is 5.79 Å². The third-order valence-corrected chi connectivity index (χ3v) is 2.67. The summed E-state index contributed by atoms with van der Waals surface area (Å²) in [6, 6.07) is -1.65. The number of carbonyl (C=O) groups is 3. The molecule has 2 amide bonds. The van der Waals surface area contributed by atoms with Crippen LogP contribution in [0, 0.1) is 0 Å². The van der Waals surface area contributed by atoms with Crippen molar-refractivity contribution in [2.45, 2.75) is 25.2 Å². The van der Waals surface area contributed by atoms with Crippen molar-refractivity contribution in [2.75, 3.05) is 12.0 Å². The van der Waals surface area contributed by atoms with E-state index in [0.717, 1.165) is 0 Å². The monoisotopic (exact) mass is 281 g/mol. The molecule has 0 aliphatic heterocycles. The van der Waals surface area contributed by atoms with Crippen LogP contribution in [0.15, 0.2) is 0 Å². The summed E-state index contributed by atoms with van der Waals surface area (Å²) in [7, 11) is 0. The molecule has 0 rings (SSSR count). The third-order valence-electron chi connectivity index (χ3n) is 2.02. The van der Waals surface area contributed by atoms with E-state index in [-0.39, 0.29) is 11.3 Å². The second kappa shape index (κ2) is 6.57. The maximum absolute atomic E-state index is 11.5. The van der Waals surface area contributed by atoms with Crippen LogP contribution in [-0.2, 0) is 9.59 Å². The zero-order valence-corrected chi connectivity index (χ0v) is 10.7. The van der Waals surface area contributed by atoms with Crippen LogP contribution in [0.5, 0.6) is 0 Å². The van der Waals surface area contributed by atoms with Crippen molar-refractivity contribution in [1.82, 2.24) is 4.90 Å². The second-order valence-corrected chi connectivity index (χ2v) is 4.60. The summed E-state index contributed by atoms with van der Waals surface area (Å²) < 4.78 is 0. The standard InChI is InChI=1S/C9H15NO7S/c1-9(16,17)7(13)10(8(14)15)5(6(11)12)3-4-18-2/h5,16-17H,3-4H2,1-2H3,(H,11,12)(H,14,15). The molecule has 0 aliphatic carbocycles. The van der Waals surface area contributed by atoms with E-state index in [2.05, 4.69) is 0 Å². The molecule has 1 unspecified atom stereocenters. The fourth-order valence-corrected chi connectivity index (χ4v) is 1.64. The van der Waals surface area contributed by atoms with Gasteiger partial charge in [0.05, 0.1) is 0 Å². The van der Waals surface area contributed by atoms with E-state index in [9.17, 15) is 14.4 Å². The minimum atomic E-state index is -2.94. The van der Waals surface area contributed by atoms with Gasteiger partial charge in [0.1, 0.15) is 6.04 Å². The second-order valence-electron chi connectivity index (χ2n) is 3.61. The van der Waals surface area contributed by atoms with Crippen LogP contribution >= 0.6 is 11.8 Å². The first-order chi connectivity index (χ1) is 8.12. The fourth-order valence-electron chi connectivity index (χ4n) is 1.18. The van der Waals surface area contributed by atoms with E-state index in [0.29, 0.717) is 12.7 Å². The molecule has 18 heavy (non-hydrogen) atoms. The lowest BCUT2D eigenvalue weighted by atomic mass is 10.1. The first-order valence-corrected chi connectivity index (χ1v) is 6.25. The summed E-state index contributed by atoms with van der Waals surface area (Å²) in [5, 5.41) is 35.9. The molecule has 0 saturated carbocycles. The van der Waals surface area contributed by atoms with Gasteiger partial charge >= 0.3 is 12.1 Å². The molecule has 0 spiro atoms. The Bertz CT molecular complexity index is 338. The minimum absolute atomic E-state index is 0.0709. The number of aliphatic carboxylic acids is 1. The zero-order valence-electron chi connectivity index (χ0n) is 9.86. The number of carboxylic acids is 1. The van der Waals surface area contributed by atoms with Gasteiger partial charge in [-0.1, -0.05) is 0 Å². The summed E-state index contributed by atoms with van der Waals surface area (Å²) in [4.78, 5) is 33.3. The molecule has 0 saturated heterocycles. The highest BCUT2D eigenvalue weighted by atomic mass is 32.2. The highest BCUT2D eigenvalue weighted by Gasteiger charge is 2.42. The van der Waals surface area contributed by atoms with E-state index >= 15 is 0 Å². The third kappa shape index (κ3) is 4.51. The molecule has 4 N–H and O–H groups in total. The van der Waals surface area contributed by atoms with Crippen LogP contribution in [0.2, 0.25) is 0 Å². The number of amides is 2. The number of nitrogens with zero attached hydrogens (tertiary/aromatic N) is 1. The topological polar surface area (TPSA) is 135 Å². The molecule has 0 bridgehead atoms. The average molecular weight is 281 g/mol. The smallest absolute Gasteiger partial charge is 0.415 e. The van der Waals surface area contributed by atoms with Gasteiger partial charge in [-0.15, -0.1) is 0 Å². The van der Waals surface area contributed by atoms with Gasteiger partial charge in [-0.2, -0.15) is 11.8 Å². The highest BCUT2D eigenvalue weighted by Crippen LogP contribution is 2.14. The predicted molar refractivity (Wildman–Crippen MR) is 62.1 cm³/mol. The lowest BCUT2D eigenvalue weighted by Gasteiger charge is -2.28. The molecular formula is C9H15NO7S. The van der Waals surface area contributed by atoms with Crippen molar-refractivity contribution in [1.29, 1.82) is 0 Å². The van der Waals surface area contributed by atoms with E-state index in [1.54, 1.807) is 6.26 Å². The molecule has 0 fully saturated rings. The molecule has 8 nitrogen and oxygen atoms in total. The molecule has 1 atom stereocenters. The Labute approximate surface area is 107 Å². The lowest BCUT2D eigenvalue weighted by Crippen LogP contribution is -2.56. The van der Waals surface area contributed by atoms with Gasteiger partial charge in [-0.3, -0.25) is 4.79 Å². The zero-order chi connectivity index (χ0) is 14.5. The largest absolute Gasteiger partial charge is 0.480 e. The summed E-state index contributed by atoms with van der Waals surface area (Å²) in [6.07, 6.45) is -0.276. The summed E-state index contributed by atoms with van der Waals surface area (Å²) in [5.74, 6) is -5.75. The minimum Gasteiger partial charge on any atom is -0.480 e. The Hall–Kier alpha value is -1.32. The van der Waals surface area contributed by atoms with Crippen molar-refractivity contribution in [3.05, 3.63) is 0 Å². The first kappa shape index (κ1) is 16.7. The van der Waals surface area contributed by atoms with Gasteiger partial charge in [-0.05, 0) is 25.4 Å². The average Bonchev–Trinajstić information content (AvgIpc) is 2.20. The number of rotatable bonds is 6. The molecule has 0 heterocycles. The van der Waals surface area contributed by atoms with Crippen LogP contribution in [0.4, 0.5) is 4.79 Å². The van der Waals surface area contributed by atoms with Crippen LogP contribution in [0.3, 0.4) is 0 Å². The number of hydrogen-bond acceptors (Lipinski definition) is 6. The lowest BCUT2D eigenvalue weighted by molar-refractivity contribution is -0.190. The Balaban J connectivity index is 5.23. The van der Waals surface area contributed by atoms with Crippen LogP contribution in [0.25, 0.3) is 0 Å². The summed E-state index contributed by atoms with van der Waals surface area (Å²) in [5.41, 5.74) is 0. The van der Waals surface area contributed by atoms with Crippen LogP contribution in [0.1, 0.15) is 13.3 Å². The molecule has 0 aromatic carbocycles. The highest BCUT2D eigenvalue weighted by molar-refractivity contribution is 7.98. The Morgan fingerprint density at radius 1 is 1.28 bits per heavy atom. The van der Waals surface area contributed by atoms with E-state index < -0.39 is 29.8 Å². The van der Waals surface area contributed by atoms with E-state index in [4.69, 9.17) is 20.4 Å². The molecule has 0 radical (unpaired) electrons. The van der Waals surface area contributed by atoms with E-state index in [1.807, 2.05) is 0 Å². The van der Waals surface area contributed by atoms with Crippen molar-refractivity contribution in [3.8, 4) is 0 Å². The quantitative estimate of drug-likeness (QED) is 0.474. The normalized spacial score (nSPS) is 12.9. The maximum atomic E-state index is 11.5. The first-order valence-electron chi connectivity index (χ1n) is 4.86. The molecule has 0 aromatic rings. The van der Waals surface area contributed by atoms with Crippen molar-refractivity contribution in [3.63, 3.8) is 0 Å². The SMILES string of the molecule is CSCCC(C(=O)O)N(C(=O)O)C(=O)C(C)(O)O. The van der Waals surface area contributed by atoms with Gasteiger partial charge < -0.3 is 20.4 Å². The van der Waals surface area contributed by atoms with Crippen molar-refractivity contribution >= 4 is 29.7 Å². The van der Waals surface area contributed by atoms with Gasteiger partial charge in [0.25, 0.3) is 5.91 Å². The van der Waals surface area contributed by atoms with Gasteiger partial charge in [0, 0.05) is 0 Å². The Morgan fingerprint density at radius 3 is 2.06 bits per heavy atom. The fraction of sp³-hybridized carbons (Fsp3) is 0.667. The number of aliphatic hydroxyl groups is 2. The Kier molecular flexibility index (Phi) is 6.09. The number of hydrogen-bond donors (Lipinski definition) is 4. The number of thioether (sulfide) groups is 1. The van der Waals surface area contributed by atoms with E-state index in [1.165, 1.54) is 11.8 Å². The van der Waals surface area contributed by atoms with Crippen LogP contribution < -0.4 is 0 Å². The maximum Gasteiger partial charge on any atom is 0.415 e. The predicted octanol–water partition coefficient (Wildman–Crippen LogP) is -0.600. The van der Waals surface area contributed by atoms with Crippen molar-refractivity contribution in [2.24, 2.45) is 0 Å². The Morgan fingerprint density at radius 2 is 1.78 bits per heavy atom. The number of imide groups is 1. The summed E-state index contributed by atoms with van der Waals surface area (Å²) >= 11 is 1.28. The van der Waals surface area contributed by atoms with Gasteiger partial charge in [-0.25, -0.2) is 14.5 Å². The summed E-state index contributed by atoms with van der Waals surface area (Å²) in [6.45, 7) is 0.665. The van der Waals surface area contributed by atoms with Crippen LogP contribution in [-0.4, -0.2) is 67.1 Å². The molecule has 104 valence electrons. The molecular weight excluding hydrogens is 266 g/mol. The molecule has 0 aliphatic rings.